The van der Waals surface area contributed by atoms with E-state index >= 15 is 0 Å². The summed E-state index contributed by atoms with van der Waals surface area (Å²) in [5.41, 5.74) is 1.22. The molecule has 3 aromatic rings. The van der Waals surface area contributed by atoms with Gasteiger partial charge in [0.05, 0.1) is 0 Å². The molecule has 1 aromatic carbocycles. The van der Waals surface area contributed by atoms with Crippen molar-refractivity contribution in [3.05, 3.63) is 63.8 Å². The lowest BCUT2D eigenvalue weighted by Crippen LogP contribution is -2.40. The lowest BCUT2D eigenvalue weighted by atomic mass is 10.1. The summed E-state index contributed by atoms with van der Waals surface area (Å²) in [7, 11) is 1.65. The van der Waals surface area contributed by atoms with Crippen molar-refractivity contribution < 1.29 is 0 Å². The van der Waals surface area contributed by atoms with E-state index in [9.17, 15) is 9.59 Å². The van der Waals surface area contributed by atoms with Crippen LogP contribution in [0.25, 0.3) is 11.2 Å². The third kappa shape index (κ3) is 2.31. The average Bonchev–Trinajstić information content (AvgIpc) is 3.03. The van der Waals surface area contributed by atoms with E-state index in [1.807, 2.05) is 34.9 Å². The van der Waals surface area contributed by atoms with Crippen LogP contribution in [-0.4, -0.2) is 25.2 Å². The summed E-state index contributed by atoms with van der Waals surface area (Å²) in [6.07, 6.45) is 1.56. The molecule has 7 nitrogen and oxygen atoms in total. The van der Waals surface area contributed by atoms with Crippen LogP contribution in [0.3, 0.4) is 0 Å². The van der Waals surface area contributed by atoms with Crippen molar-refractivity contribution in [1.29, 1.82) is 0 Å². The first-order valence-electron chi connectivity index (χ1n) is 8.66. The monoisotopic (exact) mass is 351 g/mol. The molecule has 0 N–H and O–H groups in total. The minimum absolute atomic E-state index is 0.180. The van der Waals surface area contributed by atoms with Crippen LogP contribution in [0.5, 0.6) is 0 Å². The lowest BCUT2D eigenvalue weighted by molar-refractivity contribution is 0.458. The van der Waals surface area contributed by atoms with Crippen LogP contribution in [0.4, 0.5) is 11.6 Å². The first-order chi connectivity index (χ1) is 12.5. The SMILES string of the molecule is C=CCn1c(=O)c2c(nc3n2CC(C)CN3c2ccccc2)n(C)c1=O. The zero-order valence-electron chi connectivity index (χ0n) is 14.9. The van der Waals surface area contributed by atoms with Gasteiger partial charge in [-0.15, -0.1) is 6.58 Å². The fourth-order valence-electron chi connectivity index (χ4n) is 3.62. The molecule has 134 valence electrons. The summed E-state index contributed by atoms with van der Waals surface area (Å²) in [5.74, 6) is 1.04. The number of hydrogen-bond donors (Lipinski definition) is 0. The number of rotatable bonds is 3. The summed E-state index contributed by atoms with van der Waals surface area (Å²) in [5, 5.41) is 0. The fourth-order valence-corrected chi connectivity index (χ4v) is 3.62. The third-order valence-corrected chi connectivity index (χ3v) is 4.82. The Morgan fingerprint density at radius 3 is 2.65 bits per heavy atom. The van der Waals surface area contributed by atoms with Crippen LogP contribution in [0.2, 0.25) is 0 Å². The molecular formula is C19H21N5O2. The third-order valence-electron chi connectivity index (χ3n) is 4.82. The molecule has 0 aliphatic carbocycles. The number of hydrogen-bond acceptors (Lipinski definition) is 4. The molecule has 7 heteroatoms. The number of benzene rings is 1. The lowest BCUT2D eigenvalue weighted by Gasteiger charge is -2.32. The van der Waals surface area contributed by atoms with E-state index in [2.05, 4.69) is 23.4 Å². The van der Waals surface area contributed by atoms with E-state index in [1.54, 1.807) is 13.1 Å². The maximum Gasteiger partial charge on any atom is 0.332 e. The van der Waals surface area contributed by atoms with Crippen molar-refractivity contribution in [2.45, 2.75) is 20.0 Å². The Morgan fingerprint density at radius 2 is 1.96 bits per heavy atom. The summed E-state index contributed by atoms with van der Waals surface area (Å²) < 4.78 is 4.59. The predicted molar refractivity (Wildman–Crippen MR) is 102 cm³/mol. The van der Waals surface area contributed by atoms with E-state index < -0.39 is 0 Å². The van der Waals surface area contributed by atoms with Gasteiger partial charge in [0.25, 0.3) is 5.56 Å². The minimum atomic E-state index is -0.378. The Bertz CT molecular complexity index is 1110. The number of para-hydroxylation sites is 1. The van der Waals surface area contributed by atoms with Gasteiger partial charge in [-0.05, 0) is 18.1 Å². The van der Waals surface area contributed by atoms with E-state index in [0.29, 0.717) is 29.6 Å². The van der Waals surface area contributed by atoms with Crippen LogP contribution < -0.4 is 16.1 Å². The molecule has 26 heavy (non-hydrogen) atoms. The van der Waals surface area contributed by atoms with Crippen LogP contribution in [0.1, 0.15) is 6.92 Å². The van der Waals surface area contributed by atoms with E-state index in [4.69, 9.17) is 0 Å². The first kappa shape index (κ1) is 16.4. The average molecular weight is 351 g/mol. The number of fused-ring (bicyclic) bond motifs is 3. The largest absolute Gasteiger partial charge is 0.332 e. The van der Waals surface area contributed by atoms with Crippen LogP contribution in [0.15, 0.2) is 52.6 Å². The molecule has 0 fully saturated rings. The number of allylic oxidation sites excluding steroid dienone is 1. The van der Waals surface area contributed by atoms with E-state index in [0.717, 1.165) is 12.2 Å². The number of anilines is 2. The molecule has 0 spiro atoms. The van der Waals surface area contributed by atoms with Crippen molar-refractivity contribution in [1.82, 2.24) is 18.7 Å². The maximum absolute atomic E-state index is 13.0. The maximum atomic E-state index is 13.0. The van der Waals surface area contributed by atoms with Gasteiger partial charge in [-0.25, -0.2) is 4.79 Å². The normalized spacial score (nSPS) is 16.7. The first-order valence-corrected chi connectivity index (χ1v) is 8.66. The van der Waals surface area contributed by atoms with Crippen molar-refractivity contribution in [3.63, 3.8) is 0 Å². The van der Waals surface area contributed by atoms with Gasteiger partial charge in [0, 0.05) is 32.4 Å². The van der Waals surface area contributed by atoms with Gasteiger partial charge < -0.3 is 9.47 Å². The molecule has 0 saturated carbocycles. The summed E-state index contributed by atoms with van der Waals surface area (Å²) >= 11 is 0. The van der Waals surface area contributed by atoms with Gasteiger partial charge in [0.2, 0.25) is 5.95 Å². The zero-order chi connectivity index (χ0) is 18.4. The Labute approximate surface area is 150 Å². The highest BCUT2D eigenvalue weighted by molar-refractivity contribution is 5.77. The molecule has 1 atom stereocenters. The van der Waals surface area contributed by atoms with Crippen LogP contribution >= 0.6 is 0 Å². The number of aromatic nitrogens is 4. The van der Waals surface area contributed by atoms with Crippen molar-refractivity contribution in [2.24, 2.45) is 13.0 Å². The second-order valence-corrected chi connectivity index (χ2v) is 6.79. The van der Waals surface area contributed by atoms with Gasteiger partial charge in [-0.3, -0.25) is 13.9 Å². The van der Waals surface area contributed by atoms with E-state index in [-0.39, 0.29) is 17.8 Å². The van der Waals surface area contributed by atoms with Crippen molar-refractivity contribution in [2.75, 3.05) is 11.4 Å². The molecule has 1 unspecified atom stereocenters. The van der Waals surface area contributed by atoms with Gasteiger partial charge >= 0.3 is 5.69 Å². The molecule has 0 saturated heterocycles. The second kappa shape index (κ2) is 6.01. The highest BCUT2D eigenvalue weighted by atomic mass is 16.2. The molecule has 0 amide bonds. The second-order valence-electron chi connectivity index (χ2n) is 6.79. The van der Waals surface area contributed by atoms with Crippen LogP contribution in [0, 0.1) is 5.92 Å². The van der Waals surface area contributed by atoms with Gasteiger partial charge in [0.1, 0.15) is 0 Å². The number of nitrogens with zero attached hydrogens (tertiary/aromatic N) is 5. The highest BCUT2D eigenvalue weighted by Gasteiger charge is 2.29. The summed E-state index contributed by atoms with van der Waals surface area (Å²) in [4.78, 5) is 32.3. The Kier molecular flexibility index (Phi) is 3.79. The van der Waals surface area contributed by atoms with Gasteiger partial charge in [-0.2, -0.15) is 4.98 Å². The standard InChI is InChI=1S/C19H21N5O2/c1-4-10-22-17(25)15-16(21(3)19(22)26)20-18-23(11-13(2)12-24(15)18)14-8-6-5-7-9-14/h4-9,13H,1,10-12H2,2-3H3. The molecular weight excluding hydrogens is 330 g/mol. The molecule has 1 aliphatic rings. The van der Waals surface area contributed by atoms with Crippen LogP contribution in [-0.2, 0) is 20.1 Å². The molecule has 3 heterocycles. The quantitative estimate of drug-likeness (QED) is 0.676. The molecule has 4 rings (SSSR count). The molecule has 1 aliphatic heterocycles. The van der Waals surface area contributed by atoms with Crippen molar-refractivity contribution >= 4 is 22.8 Å². The molecule has 0 bridgehead atoms. The van der Waals surface area contributed by atoms with E-state index in [1.165, 1.54) is 9.13 Å². The Balaban J connectivity index is 2.05. The summed E-state index contributed by atoms with van der Waals surface area (Å²) in [6.45, 7) is 7.48. The minimum Gasteiger partial charge on any atom is -0.312 e. The topological polar surface area (TPSA) is 65.1 Å². The zero-order valence-corrected chi connectivity index (χ0v) is 14.9. The van der Waals surface area contributed by atoms with Gasteiger partial charge in [-0.1, -0.05) is 31.2 Å². The molecule has 2 aromatic heterocycles. The number of imidazole rings is 1. The van der Waals surface area contributed by atoms with Crippen molar-refractivity contribution in [3.8, 4) is 0 Å². The Morgan fingerprint density at radius 1 is 1.23 bits per heavy atom. The predicted octanol–water partition coefficient (Wildman–Crippen LogP) is 1.87. The fraction of sp³-hybridized carbons (Fsp3) is 0.316. The Hall–Kier alpha value is -3.09. The molecule has 0 radical (unpaired) electrons. The summed E-state index contributed by atoms with van der Waals surface area (Å²) in [6, 6.07) is 9.98. The van der Waals surface area contributed by atoms with Gasteiger partial charge in [0.15, 0.2) is 11.2 Å². The number of aryl methyl sites for hydroxylation is 1. The highest BCUT2D eigenvalue weighted by Crippen LogP contribution is 2.32. The smallest absolute Gasteiger partial charge is 0.312 e.